The van der Waals surface area contributed by atoms with Crippen LogP contribution in [0.3, 0.4) is 0 Å². The third kappa shape index (κ3) is 3.16. The van der Waals surface area contributed by atoms with Crippen molar-refractivity contribution in [1.82, 2.24) is 10.2 Å². The summed E-state index contributed by atoms with van der Waals surface area (Å²) in [7, 11) is 0. The third-order valence-corrected chi connectivity index (χ3v) is 4.67. The highest BCUT2D eigenvalue weighted by molar-refractivity contribution is 5.79. The van der Waals surface area contributed by atoms with E-state index >= 15 is 0 Å². The maximum absolute atomic E-state index is 12.5. The quantitative estimate of drug-likeness (QED) is 0.910. The summed E-state index contributed by atoms with van der Waals surface area (Å²) in [6, 6.07) is 3.64. The molecule has 1 N–H and O–H groups in total. The average molecular weight is 306 g/mol. The van der Waals surface area contributed by atoms with Gasteiger partial charge in [0, 0.05) is 38.5 Å². The van der Waals surface area contributed by atoms with Crippen LogP contribution in [0.15, 0.2) is 22.8 Å². The van der Waals surface area contributed by atoms with E-state index in [1.807, 2.05) is 11.0 Å². The lowest BCUT2D eigenvalue weighted by Gasteiger charge is -2.44. The lowest BCUT2D eigenvalue weighted by atomic mass is 9.79. The number of hydrogen-bond acceptors (Lipinski definition) is 4. The molecule has 6 nitrogen and oxygen atoms in total. The number of likely N-dealkylation sites (tertiary alicyclic amines) is 1. The molecule has 2 aliphatic heterocycles. The van der Waals surface area contributed by atoms with E-state index in [1.54, 1.807) is 19.3 Å². The molecule has 0 spiro atoms. The van der Waals surface area contributed by atoms with Gasteiger partial charge in [-0.25, -0.2) is 0 Å². The van der Waals surface area contributed by atoms with Crippen LogP contribution in [0, 0.1) is 11.8 Å². The highest BCUT2D eigenvalue weighted by Crippen LogP contribution is 2.33. The normalized spacial score (nSPS) is 28.0. The first kappa shape index (κ1) is 15.1. The molecule has 0 aromatic carbocycles. The van der Waals surface area contributed by atoms with E-state index in [0.717, 1.165) is 18.7 Å². The van der Waals surface area contributed by atoms with Crippen LogP contribution in [0.4, 0.5) is 0 Å². The van der Waals surface area contributed by atoms with E-state index in [2.05, 4.69) is 5.32 Å². The molecular formula is C16H22N2O4. The van der Waals surface area contributed by atoms with Gasteiger partial charge in [-0.2, -0.15) is 0 Å². The second kappa shape index (κ2) is 6.52. The van der Waals surface area contributed by atoms with E-state index in [0.29, 0.717) is 26.1 Å². The van der Waals surface area contributed by atoms with Crippen LogP contribution in [-0.2, 0) is 20.9 Å². The molecule has 2 aliphatic rings. The molecule has 2 fully saturated rings. The van der Waals surface area contributed by atoms with Crippen LogP contribution in [-0.4, -0.2) is 42.5 Å². The molecule has 0 aliphatic carbocycles. The number of fused-ring (bicyclic) bond motifs is 1. The van der Waals surface area contributed by atoms with Gasteiger partial charge >= 0.3 is 0 Å². The number of carbonyl (C=O) groups is 2. The Labute approximate surface area is 129 Å². The fourth-order valence-electron chi connectivity index (χ4n) is 3.44. The minimum atomic E-state index is -0.101. The molecule has 0 unspecified atom stereocenters. The first-order valence-corrected chi connectivity index (χ1v) is 7.82. The molecule has 22 heavy (non-hydrogen) atoms. The Kier molecular flexibility index (Phi) is 4.47. The zero-order valence-electron chi connectivity index (χ0n) is 12.8. The summed E-state index contributed by atoms with van der Waals surface area (Å²) in [5, 5.41) is 2.94. The summed E-state index contributed by atoms with van der Waals surface area (Å²) in [5.41, 5.74) is 0. The zero-order chi connectivity index (χ0) is 15.5. The Hall–Kier alpha value is -1.82. The van der Waals surface area contributed by atoms with Crippen molar-refractivity contribution in [3.63, 3.8) is 0 Å². The standard InChI is InChI=1S/C16H22N2O4/c1-11(19)18-6-4-15-14(10-18)13(5-8-22-15)16(20)17-9-12-3-2-7-21-12/h2-3,7,13-15H,4-6,8-10H2,1H3,(H,17,20)/t13-,14+,15-/m1/s1. The highest BCUT2D eigenvalue weighted by atomic mass is 16.5. The molecule has 0 bridgehead atoms. The number of furan rings is 1. The predicted molar refractivity (Wildman–Crippen MR) is 78.8 cm³/mol. The van der Waals surface area contributed by atoms with Crippen molar-refractivity contribution in [3.8, 4) is 0 Å². The van der Waals surface area contributed by atoms with Crippen LogP contribution in [0.1, 0.15) is 25.5 Å². The first-order chi connectivity index (χ1) is 10.6. The summed E-state index contributed by atoms with van der Waals surface area (Å²) in [5.74, 6) is 0.823. The number of carbonyl (C=O) groups excluding carboxylic acids is 2. The number of nitrogens with one attached hydrogen (secondary N) is 1. The van der Waals surface area contributed by atoms with Crippen LogP contribution in [0.2, 0.25) is 0 Å². The molecule has 1 aromatic rings. The lowest BCUT2D eigenvalue weighted by Crippen LogP contribution is -2.54. The number of rotatable bonds is 3. The van der Waals surface area contributed by atoms with Gasteiger partial charge in [-0.15, -0.1) is 0 Å². The van der Waals surface area contributed by atoms with Gasteiger partial charge in [0.15, 0.2) is 0 Å². The topological polar surface area (TPSA) is 71.8 Å². The van der Waals surface area contributed by atoms with Crippen molar-refractivity contribution in [2.75, 3.05) is 19.7 Å². The Balaban J connectivity index is 1.63. The van der Waals surface area contributed by atoms with Crippen LogP contribution in [0.5, 0.6) is 0 Å². The Morgan fingerprint density at radius 2 is 2.27 bits per heavy atom. The minimum Gasteiger partial charge on any atom is -0.467 e. The van der Waals surface area contributed by atoms with Crippen LogP contribution in [0.25, 0.3) is 0 Å². The van der Waals surface area contributed by atoms with Gasteiger partial charge in [0.25, 0.3) is 0 Å². The molecule has 0 saturated carbocycles. The molecule has 3 rings (SSSR count). The number of hydrogen-bond donors (Lipinski definition) is 1. The molecule has 2 amide bonds. The fraction of sp³-hybridized carbons (Fsp3) is 0.625. The SMILES string of the molecule is CC(=O)N1CC[C@H]2OCC[C@@H](C(=O)NCc3ccco3)[C@@H]2C1. The largest absolute Gasteiger partial charge is 0.467 e. The Morgan fingerprint density at radius 3 is 3.00 bits per heavy atom. The monoisotopic (exact) mass is 306 g/mol. The maximum Gasteiger partial charge on any atom is 0.224 e. The Morgan fingerprint density at radius 1 is 1.41 bits per heavy atom. The van der Waals surface area contributed by atoms with E-state index in [1.165, 1.54) is 0 Å². The maximum atomic E-state index is 12.5. The van der Waals surface area contributed by atoms with Crippen molar-refractivity contribution in [3.05, 3.63) is 24.2 Å². The molecule has 6 heteroatoms. The molecule has 3 atom stereocenters. The number of piperidine rings is 1. The summed E-state index contributed by atoms with van der Waals surface area (Å²) < 4.78 is 11.0. The summed E-state index contributed by atoms with van der Waals surface area (Å²) >= 11 is 0. The van der Waals surface area contributed by atoms with E-state index < -0.39 is 0 Å². The van der Waals surface area contributed by atoms with E-state index in [-0.39, 0.29) is 29.8 Å². The van der Waals surface area contributed by atoms with Crippen molar-refractivity contribution in [2.24, 2.45) is 11.8 Å². The van der Waals surface area contributed by atoms with Gasteiger partial charge in [-0.05, 0) is 25.0 Å². The molecule has 3 heterocycles. The van der Waals surface area contributed by atoms with Gasteiger partial charge in [-0.3, -0.25) is 9.59 Å². The predicted octanol–water partition coefficient (Wildman–Crippen LogP) is 1.17. The number of amides is 2. The van der Waals surface area contributed by atoms with Crippen molar-refractivity contribution < 1.29 is 18.7 Å². The van der Waals surface area contributed by atoms with Crippen molar-refractivity contribution in [2.45, 2.75) is 32.4 Å². The van der Waals surface area contributed by atoms with Gasteiger partial charge in [-0.1, -0.05) is 0 Å². The second-order valence-electron chi connectivity index (χ2n) is 6.02. The molecule has 1 aromatic heterocycles. The molecule has 120 valence electrons. The minimum absolute atomic E-state index is 0.0279. The van der Waals surface area contributed by atoms with E-state index in [9.17, 15) is 9.59 Å². The summed E-state index contributed by atoms with van der Waals surface area (Å²) in [6.07, 6.45) is 3.20. The highest BCUT2D eigenvalue weighted by Gasteiger charge is 2.42. The third-order valence-electron chi connectivity index (χ3n) is 4.67. The van der Waals surface area contributed by atoms with Gasteiger partial charge in [0.05, 0.1) is 18.9 Å². The zero-order valence-corrected chi connectivity index (χ0v) is 12.8. The number of nitrogens with zero attached hydrogens (tertiary/aromatic N) is 1. The summed E-state index contributed by atoms with van der Waals surface area (Å²) in [4.78, 5) is 25.9. The van der Waals surface area contributed by atoms with Crippen molar-refractivity contribution in [1.29, 1.82) is 0 Å². The van der Waals surface area contributed by atoms with Gasteiger partial charge in [0.1, 0.15) is 5.76 Å². The van der Waals surface area contributed by atoms with Crippen LogP contribution < -0.4 is 5.32 Å². The van der Waals surface area contributed by atoms with Crippen molar-refractivity contribution >= 4 is 11.8 Å². The van der Waals surface area contributed by atoms with Gasteiger partial charge < -0.3 is 19.4 Å². The average Bonchev–Trinajstić information content (AvgIpc) is 3.04. The van der Waals surface area contributed by atoms with E-state index in [4.69, 9.17) is 9.15 Å². The number of ether oxygens (including phenoxy) is 1. The second-order valence-corrected chi connectivity index (χ2v) is 6.02. The fourth-order valence-corrected chi connectivity index (χ4v) is 3.44. The Bertz CT molecular complexity index is 528. The lowest BCUT2D eigenvalue weighted by molar-refractivity contribution is -0.149. The van der Waals surface area contributed by atoms with Gasteiger partial charge in [0.2, 0.25) is 11.8 Å². The summed E-state index contributed by atoms with van der Waals surface area (Å²) in [6.45, 7) is 3.92. The molecule has 0 radical (unpaired) electrons. The molecular weight excluding hydrogens is 284 g/mol. The smallest absolute Gasteiger partial charge is 0.224 e. The first-order valence-electron chi connectivity index (χ1n) is 7.82. The van der Waals surface area contributed by atoms with Crippen LogP contribution >= 0.6 is 0 Å². The molecule has 2 saturated heterocycles.